The maximum Gasteiger partial charge on any atom is 0.260 e. The molecule has 1 aromatic heterocycles. The molecule has 1 amide bonds. The smallest absolute Gasteiger partial charge is 0.260 e. The van der Waals surface area contributed by atoms with Crippen molar-refractivity contribution in [3.05, 3.63) is 58.1 Å². The van der Waals surface area contributed by atoms with Crippen molar-refractivity contribution >= 4 is 44.2 Å². The molecule has 0 N–H and O–H groups in total. The number of halogens is 1. The number of thiazole rings is 1. The molecule has 136 valence electrons. The van der Waals surface area contributed by atoms with E-state index in [0.717, 1.165) is 27.5 Å². The molecular formula is C20H22ClN3OS. The van der Waals surface area contributed by atoms with Gasteiger partial charge in [-0.05, 0) is 69.4 Å². The summed E-state index contributed by atoms with van der Waals surface area (Å²) in [6.45, 7) is 5.49. The predicted octanol–water partition coefficient (Wildman–Crippen LogP) is 4.77. The molecule has 0 radical (unpaired) electrons. The second-order valence-corrected chi connectivity index (χ2v) is 8.06. The van der Waals surface area contributed by atoms with E-state index in [-0.39, 0.29) is 5.91 Å². The number of aromatic nitrogens is 1. The van der Waals surface area contributed by atoms with Gasteiger partial charge in [-0.15, -0.1) is 0 Å². The number of nitrogens with zero attached hydrogens (tertiary/aromatic N) is 3. The summed E-state index contributed by atoms with van der Waals surface area (Å²) in [6.07, 6.45) is 0. The fourth-order valence-corrected chi connectivity index (χ4v) is 3.84. The number of rotatable bonds is 5. The van der Waals surface area contributed by atoms with Gasteiger partial charge in [-0.3, -0.25) is 9.69 Å². The summed E-state index contributed by atoms with van der Waals surface area (Å²) in [4.78, 5) is 21.8. The number of amides is 1. The molecule has 0 saturated heterocycles. The highest BCUT2D eigenvalue weighted by molar-refractivity contribution is 7.22. The van der Waals surface area contributed by atoms with Crippen LogP contribution in [0.4, 0.5) is 5.13 Å². The highest BCUT2D eigenvalue weighted by atomic mass is 35.5. The third-order valence-electron chi connectivity index (χ3n) is 4.41. The second-order valence-electron chi connectivity index (χ2n) is 6.62. The van der Waals surface area contributed by atoms with E-state index < -0.39 is 0 Å². The molecule has 0 saturated carbocycles. The zero-order chi connectivity index (χ0) is 18.8. The number of carbonyl (C=O) groups is 1. The van der Waals surface area contributed by atoms with Gasteiger partial charge in [0.05, 0.1) is 10.2 Å². The number of anilines is 1. The summed E-state index contributed by atoms with van der Waals surface area (Å²) >= 11 is 7.51. The molecule has 26 heavy (non-hydrogen) atoms. The number of fused-ring (bicyclic) bond motifs is 1. The van der Waals surface area contributed by atoms with E-state index in [1.807, 2.05) is 14.1 Å². The Hall–Kier alpha value is -1.95. The molecule has 1 heterocycles. The van der Waals surface area contributed by atoms with Gasteiger partial charge in [-0.1, -0.05) is 29.0 Å². The van der Waals surface area contributed by atoms with E-state index in [2.05, 4.69) is 30.9 Å². The van der Waals surface area contributed by atoms with Gasteiger partial charge in [0, 0.05) is 23.7 Å². The Balaban J connectivity index is 2.01. The van der Waals surface area contributed by atoms with Crippen LogP contribution in [0.2, 0.25) is 5.02 Å². The lowest BCUT2D eigenvalue weighted by Crippen LogP contribution is -2.36. The van der Waals surface area contributed by atoms with Gasteiger partial charge in [-0.2, -0.15) is 0 Å². The van der Waals surface area contributed by atoms with Crippen molar-refractivity contribution in [2.75, 3.05) is 32.1 Å². The van der Waals surface area contributed by atoms with Gasteiger partial charge < -0.3 is 4.90 Å². The lowest BCUT2D eigenvalue weighted by molar-refractivity contribution is 0.0985. The third kappa shape index (κ3) is 3.90. The van der Waals surface area contributed by atoms with Crippen LogP contribution in [0, 0.1) is 13.8 Å². The van der Waals surface area contributed by atoms with Crippen molar-refractivity contribution in [1.82, 2.24) is 9.88 Å². The van der Waals surface area contributed by atoms with Crippen LogP contribution in [-0.2, 0) is 0 Å². The van der Waals surface area contributed by atoms with E-state index in [1.54, 1.807) is 40.5 Å². The Morgan fingerprint density at radius 3 is 2.42 bits per heavy atom. The minimum absolute atomic E-state index is 0.0584. The van der Waals surface area contributed by atoms with Crippen LogP contribution < -0.4 is 4.90 Å². The molecule has 0 fully saturated rings. The molecule has 0 aliphatic carbocycles. The normalized spacial score (nSPS) is 11.3. The molecular weight excluding hydrogens is 366 g/mol. The largest absolute Gasteiger partial charge is 0.308 e. The SMILES string of the molecule is Cc1ccc2sc(N(CCN(C)C)C(=O)c3ccc(Cl)cc3)nc2c1C. The van der Waals surface area contributed by atoms with Crippen molar-refractivity contribution in [2.45, 2.75) is 13.8 Å². The third-order valence-corrected chi connectivity index (χ3v) is 5.71. The predicted molar refractivity (Wildman–Crippen MR) is 111 cm³/mol. The molecule has 3 aromatic rings. The summed E-state index contributed by atoms with van der Waals surface area (Å²) in [6, 6.07) is 11.2. The van der Waals surface area contributed by atoms with Crippen molar-refractivity contribution in [3.63, 3.8) is 0 Å². The first kappa shape index (κ1) is 18.8. The van der Waals surface area contributed by atoms with Crippen LogP contribution in [0.5, 0.6) is 0 Å². The van der Waals surface area contributed by atoms with Crippen LogP contribution in [0.25, 0.3) is 10.2 Å². The topological polar surface area (TPSA) is 36.4 Å². The molecule has 0 aliphatic heterocycles. The Labute approximate surface area is 163 Å². The van der Waals surface area contributed by atoms with Crippen molar-refractivity contribution in [1.29, 1.82) is 0 Å². The van der Waals surface area contributed by atoms with Gasteiger partial charge in [-0.25, -0.2) is 4.98 Å². The van der Waals surface area contributed by atoms with Crippen molar-refractivity contribution in [2.24, 2.45) is 0 Å². The fourth-order valence-electron chi connectivity index (χ4n) is 2.66. The van der Waals surface area contributed by atoms with E-state index in [0.29, 0.717) is 17.1 Å². The summed E-state index contributed by atoms with van der Waals surface area (Å²) in [7, 11) is 3.99. The standard InChI is InChI=1S/C20H22ClN3OS/c1-13-5-10-17-18(14(13)2)22-20(26-17)24(12-11-23(3)4)19(25)15-6-8-16(21)9-7-15/h5-10H,11-12H2,1-4H3. The first-order valence-corrected chi connectivity index (χ1v) is 9.65. The van der Waals surface area contributed by atoms with E-state index in [4.69, 9.17) is 16.6 Å². The van der Waals surface area contributed by atoms with E-state index in [1.165, 1.54) is 5.56 Å². The Bertz CT molecular complexity index is 934. The summed E-state index contributed by atoms with van der Waals surface area (Å²) < 4.78 is 1.10. The first-order chi connectivity index (χ1) is 12.4. The van der Waals surface area contributed by atoms with Gasteiger partial charge >= 0.3 is 0 Å². The highest BCUT2D eigenvalue weighted by Gasteiger charge is 2.22. The number of hydrogen-bond donors (Lipinski definition) is 0. The Morgan fingerprint density at radius 1 is 1.08 bits per heavy atom. The summed E-state index contributed by atoms with van der Waals surface area (Å²) in [5.41, 5.74) is 3.96. The zero-order valence-electron chi connectivity index (χ0n) is 15.4. The van der Waals surface area contributed by atoms with Gasteiger partial charge in [0.15, 0.2) is 5.13 Å². The highest BCUT2D eigenvalue weighted by Crippen LogP contribution is 2.32. The van der Waals surface area contributed by atoms with Crippen LogP contribution in [0.15, 0.2) is 36.4 Å². The number of likely N-dealkylation sites (N-methyl/N-ethyl adjacent to an activating group) is 1. The van der Waals surface area contributed by atoms with Gasteiger partial charge in [0.2, 0.25) is 0 Å². The van der Waals surface area contributed by atoms with Crippen LogP contribution in [-0.4, -0.2) is 43.0 Å². The van der Waals surface area contributed by atoms with Crippen molar-refractivity contribution < 1.29 is 4.79 Å². The minimum atomic E-state index is -0.0584. The number of benzene rings is 2. The molecule has 3 rings (SSSR count). The molecule has 2 aromatic carbocycles. The first-order valence-electron chi connectivity index (χ1n) is 8.45. The lowest BCUT2D eigenvalue weighted by atomic mass is 10.1. The zero-order valence-corrected chi connectivity index (χ0v) is 17.0. The maximum atomic E-state index is 13.1. The summed E-state index contributed by atoms with van der Waals surface area (Å²) in [5, 5.41) is 1.35. The Morgan fingerprint density at radius 2 is 1.77 bits per heavy atom. The molecule has 0 unspecified atom stereocenters. The van der Waals surface area contributed by atoms with Crippen LogP contribution in [0.3, 0.4) is 0 Å². The second kappa shape index (κ2) is 7.74. The van der Waals surface area contributed by atoms with Gasteiger partial charge in [0.1, 0.15) is 0 Å². The van der Waals surface area contributed by atoms with Crippen LogP contribution >= 0.6 is 22.9 Å². The average molecular weight is 388 g/mol. The fraction of sp³-hybridized carbons (Fsp3) is 0.300. The molecule has 0 spiro atoms. The molecule has 0 bridgehead atoms. The van der Waals surface area contributed by atoms with E-state index in [9.17, 15) is 4.79 Å². The number of aryl methyl sites for hydroxylation is 2. The molecule has 0 aliphatic rings. The number of hydrogen-bond acceptors (Lipinski definition) is 4. The van der Waals surface area contributed by atoms with Crippen LogP contribution in [0.1, 0.15) is 21.5 Å². The molecule has 6 heteroatoms. The lowest BCUT2D eigenvalue weighted by Gasteiger charge is -2.22. The van der Waals surface area contributed by atoms with E-state index >= 15 is 0 Å². The number of carbonyl (C=O) groups excluding carboxylic acids is 1. The molecule has 4 nitrogen and oxygen atoms in total. The maximum absolute atomic E-state index is 13.1. The van der Waals surface area contributed by atoms with Gasteiger partial charge in [0.25, 0.3) is 5.91 Å². The summed E-state index contributed by atoms with van der Waals surface area (Å²) in [5.74, 6) is -0.0584. The monoisotopic (exact) mass is 387 g/mol. The molecule has 0 atom stereocenters. The quantitative estimate of drug-likeness (QED) is 0.632. The van der Waals surface area contributed by atoms with Crippen molar-refractivity contribution in [3.8, 4) is 0 Å². The Kier molecular flexibility index (Phi) is 5.61. The minimum Gasteiger partial charge on any atom is -0.308 e. The average Bonchev–Trinajstić information content (AvgIpc) is 3.03.